The Morgan fingerprint density at radius 2 is 2.12 bits per heavy atom. The van der Waals surface area contributed by atoms with E-state index in [1.807, 2.05) is 0 Å². The topological polar surface area (TPSA) is 0 Å². The van der Waals surface area contributed by atoms with E-state index < -0.39 is 0 Å². The van der Waals surface area contributed by atoms with Crippen LogP contribution in [0.4, 0.5) is 0 Å². The minimum Gasteiger partial charge on any atom is -0.152 e. The maximum Gasteiger partial charge on any atom is 0.0436 e. The predicted molar refractivity (Wildman–Crippen MR) is 78.6 cm³/mol. The third kappa shape index (κ3) is 3.19. The number of hydrogen-bond donors (Lipinski definition) is 0. The molecule has 0 saturated carbocycles. The van der Waals surface area contributed by atoms with E-state index in [4.69, 9.17) is 0 Å². The van der Waals surface area contributed by atoms with Crippen LogP contribution in [0.5, 0.6) is 0 Å². The third-order valence-corrected chi connectivity index (χ3v) is 4.46. The van der Waals surface area contributed by atoms with E-state index in [-0.39, 0.29) is 0 Å². The van der Waals surface area contributed by atoms with Crippen molar-refractivity contribution in [3.8, 4) is 0 Å². The molecule has 1 atom stereocenters. The summed E-state index contributed by atoms with van der Waals surface area (Å²) >= 11 is 9.05. The maximum atomic E-state index is 3.76. The Kier molecular flexibility index (Phi) is 4.22. The van der Waals surface area contributed by atoms with Crippen LogP contribution in [-0.4, -0.2) is 0 Å². The Hall–Kier alpha value is -0.120. The number of aryl methyl sites for hydroxylation is 1. The van der Waals surface area contributed by atoms with Gasteiger partial charge in [0.2, 0.25) is 0 Å². The highest BCUT2D eigenvalue weighted by molar-refractivity contribution is 9.10. The van der Waals surface area contributed by atoms with Gasteiger partial charge in [-0.2, -0.15) is 11.3 Å². The summed E-state index contributed by atoms with van der Waals surface area (Å²) < 4.78 is 1.15. The zero-order chi connectivity index (χ0) is 11.5. The van der Waals surface area contributed by atoms with Gasteiger partial charge in [-0.3, -0.25) is 0 Å². The van der Waals surface area contributed by atoms with Crippen molar-refractivity contribution >= 4 is 43.2 Å². The molecule has 84 valence electrons. The SMILES string of the molecule is Cc1cc(Br)cc(C(Br)Cc2ccsc2)c1. The molecule has 16 heavy (non-hydrogen) atoms. The minimum atomic E-state index is 0.387. The van der Waals surface area contributed by atoms with E-state index in [2.05, 4.69) is 73.8 Å². The Morgan fingerprint density at radius 3 is 2.75 bits per heavy atom. The quantitative estimate of drug-likeness (QED) is 0.635. The fourth-order valence-corrected chi connectivity index (χ4v) is 3.62. The molecule has 0 fully saturated rings. The van der Waals surface area contributed by atoms with Crippen LogP contribution in [0.25, 0.3) is 0 Å². The molecule has 0 bridgehead atoms. The van der Waals surface area contributed by atoms with Crippen molar-refractivity contribution in [2.24, 2.45) is 0 Å². The zero-order valence-electron chi connectivity index (χ0n) is 8.91. The van der Waals surface area contributed by atoms with Crippen LogP contribution in [0.1, 0.15) is 21.5 Å². The maximum absolute atomic E-state index is 3.76. The summed E-state index contributed by atoms with van der Waals surface area (Å²) in [4.78, 5) is 0.387. The molecule has 1 unspecified atom stereocenters. The number of rotatable bonds is 3. The monoisotopic (exact) mass is 358 g/mol. The standard InChI is InChI=1S/C13H12Br2S/c1-9-4-11(7-12(14)5-9)13(15)6-10-2-3-16-8-10/h2-5,7-8,13H,6H2,1H3. The minimum absolute atomic E-state index is 0.387. The van der Waals surface area contributed by atoms with Crippen LogP contribution in [0.2, 0.25) is 0 Å². The van der Waals surface area contributed by atoms with Crippen LogP contribution >= 0.6 is 43.2 Å². The Morgan fingerprint density at radius 1 is 1.31 bits per heavy atom. The Bertz CT molecular complexity index is 443. The number of alkyl halides is 1. The van der Waals surface area contributed by atoms with Gasteiger partial charge >= 0.3 is 0 Å². The average molecular weight is 360 g/mol. The lowest BCUT2D eigenvalue weighted by molar-refractivity contribution is 0.951. The molecule has 0 nitrogen and oxygen atoms in total. The molecule has 1 aromatic heterocycles. The zero-order valence-corrected chi connectivity index (χ0v) is 12.9. The lowest BCUT2D eigenvalue weighted by Gasteiger charge is -2.10. The molecule has 0 amide bonds. The molecule has 0 aliphatic carbocycles. The third-order valence-electron chi connectivity index (χ3n) is 2.42. The first kappa shape index (κ1) is 12.3. The molecule has 2 aromatic rings. The molecule has 0 aliphatic heterocycles. The molecule has 1 aromatic carbocycles. The molecule has 3 heteroatoms. The van der Waals surface area contributed by atoms with Crippen LogP contribution in [-0.2, 0) is 6.42 Å². The van der Waals surface area contributed by atoms with Gasteiger partial charge in [0, 0.05) is 9.30 Å². The smallest absolute Gasteiger partial charge is 0.0436 e. The van der Waals surface area contributed by atoms with Gasteiger partial charge in [-0.25, -0.2) is 0 Å². The van der Waals surface area contributed by atoms with Crippen LogP contribution in [0, 0.1) is 6.92 Å². The predicted octanol–water partition coefficient (Wildman–Crippen LogP) is 5.50. The van der Waals surface area contributed by atoms with Crippen LogP contribution < -0.4 is 0 Å². The van der Waals surface area contributed by atoms with E-state index in [1.54, 1.807) is 11.3 Å². The average Bonchev–Trinajstić information content (AvgIpc) is 2.68. The summed E-state index contributed by atoms with van der Waals surface area (Å²) in [6.45, 7) is 2.12. The van der Waals surface area contributed by atoms with Crippen molar-refractivity contribution in [3.05, 3.63) is 56.2 Å². The van der Waals surface area contributed by atoms with Crippen molar-refractivity contribution in [1.82, 2.24) is 0 Å². The number of thiophene rings is 1. The highest BCUT2D eigenvalue weighted by Crippen LogP contribution is 2.30. The fourth-order valence-electron chi connectivity index (χ4n) is 1.68. The van der Waals surface area contributed by atoms with E-state index in [1.165, 1.54) is 16.7 Å². The largest absolute Gasteiger partial charge is 0.152 e. The van der Waals surface area contributed by atoms with Crippen LogP contribution in [0.15, 0.2) is 39.5 Å². The summed E-state index contributed by atoms with van der Waals surface area (Å²) in [5.74, 6) is 0. The first-order valence-electron chi connectivity index (χ1n) is 5.07. The van der Waals surface area contributed by atoms with Crippen molar-refractivity contribution in [1.29, 1.82) is 0 Å². The van der Waals surface area contributed by atoms with Crippen molar-refractivity contribution in [2.45, 2.75) is 18.2 Å². The van der Waals surface area contributed by atoms with Crippen molar-refractivity contribution in [2.75, 3.05) is 0 Å². The summed E-state index contributed by atoms with van der Waals surface area (Å²) in [7, 11) is 0. The van der Waals surface area contributed by atoms with Gasteiger partial charge in [0.15, 0.2) is 0 Å². The Labute approximate surface area is 117 Å². The summed E-state index contributed by atoms with van der Waals surface area (Å²) in [6, 6.07) is 8.73. The molecule has 0 radical (unpaired) electrons. The molecule has 0 saturated heterocycles. The van der Waals surface area contributed by atoms with Gasteiger partial charge in [-0.15, -0.1) is 0 Å². The molecule has 0 aliphatic rings. The number of halogens is 2. The second-order valence-electron chi connectivity index (χ2n) is 3.87. The number of hydrogen-bond acceptors (Lipinski definition) is 1. The summed E-state index contributed by atoms with van der Waals surface area (Å²) in [6.07, 6.45) is 1.04. The number of benzene rings is 1. The van der Waals surface area contributed by atoms with E-state index in [0.717, 1.165) is 10.9 Å². The lowest BCUT2D eigenvalue weighted by Crippen LogP contribution is -1.95. The molecule has 0 spiro atoms. The summed E-state index contributed by atoms with van der Waals surface area (Å²) in [5, 5.41) is 4.33. The lowest BCUT2D eigenvalue weighted by atomic mass is 10.0. The van der Waals surface area contributed by atoms with Gasteiger partial charge in [0.25, 0.3) is 0 Å². The van der Waals surface area contributed by atoms with E-state index in [0.29, 0.717) is 4.83 Å². The van der Waals surface area contributed by atoms with Gasteiger partial charge in [-0.05, 0) is 59.0 Å². The van der Waals surface area contributed by atoms with Crippen LogP contribution in [0.3, 0.4) is 0 Å². The van der Waals surface area contributed by atoms with Gasteiger partial charge < -0.3 is 0 Å². The second-order valence-corrected chi connectivity index (χ2v) is 6.67. The normalized spacial score (nSPS) is 12.7. The van der Waals surface area contributed by atoms with Gasteiger partial charge in [0.1, 0.15) is 0 Å². The molecule has 1 heterocycles. The molecular weight excluding hydrogens is 348 g/mol. The van der Waals surface area contributed by atoms with Crippen molar-refractivity contribution in [3.63, 3.8) is 0 Å². The van der Waals surface area contributed by atoms with E-state index >= 15 is 0 Å². The first-order valence-corrected chi connectivity index (χ1v) is 7.72. The van der Waals surface area contributed by atoms with E-state index in [9.17, 15) is 0 Å². The van der Waals surface area contributed by atoms with Gasteiger partial charge in [-0.1, -0.05) is 37.9 Å². The first-order chi connectivity index (χ1) is 7.65. The molecular formula is C13H12Br2S. The molecule has 2 rings (SSSR count). The highest BCUT2D eigenvalue weighted by Gasteiger charge is 2.09. The highest BCUT2D eigenvalue weighted by atomic mass is 79.9. The Balaban J connectivity index is 2.17. The second kappa shape index (κ2) is 5.48. The molecule has 0 N–H and O–H groups in total. The summed E-state index contributed by atoms with van der Waals surface area (Å²) in [5.41, 5.74) is 4.02. The van der Waals surface area contributed by atoms with Crippen molar-refractivity contribution < 1.29 is 0 Å². The van der Waals surface area contributed by atoms with Gasteiger partial charge in [0.05, 0.1) is 0 Å². The fraction of sp³-hybridized carbons (Fsp3) is 0.231.